The molecule has 1 aromatic carbocycles. The quantitative estimate of drug-likeness (QED) is 0.852. The van der Waals surface area contributed by atoms with Crippen molar-refractivity contribution in [2.75, 3.05) is 26.8 Å². The van der Waals surface area contributed by atoms with Crippen molar-refractivity contribution >= 4 is 0 Å². The maximum atomic E-state index is 10.8. The molecular weight excluding hydrogens is 230 g/mol. The van der Waals surface area contributed by atoms with E-state index in [9.17, 15) is 5.11 Å². The molecule has 18 heavy (non-hydrogen) atoms. The van der Waals surface area contributed by atoms with Crippen molar-refractivity contribution < 1.29 is 14.6 Å². The highest BCUT2D eigenvalue weighted by atomic mass is 16.6. The minimum absolute atomic E-state index is 0.104. The summed E-state index contributed by atoms with van der Waals surface area (Å²) in [5, 5.41) is 13.8. The van der Waals surface area contributed by atoms with Gasteiger partial charge in [0.25, 0.3) is 0 Å². The molecule has 0 bridgehead atoms. The number of aliphatic hydroxyl groups is 1. The van der Waals surface area contributed by atoms with Crippen molar-refractivity contribution in [2.24, 2.45) is 5.92 Å². The third kappa shape index (κ3) is 2.31. The number of benzene rings is 1. The SMILES string of the molecule is CNCC(O)(c1ccc2c(c1)OCCO2)C(C)C. The van der Waals surface area contributed by atoms with Crippen LogP contribution >= 0.6 is 0 Å². The van der Waals surface area contributed by atoms with Crippen LogP contribution in [0.15, 0.2) is 18.2 Å². The lowest BCUT2D eigenvalue weighted by Gasteiger charge is -2.33. The van der Waals surface area contributed by atoms with Crippen molar-refractivity contribution in [3.8, 4) is 11.5 Å². The Morgan fingerprint density at radius 3 is 2.56 bits per heavy atom. The number of fused-ring (bicyclic) bond motifs is 1. The van der Waals surface area contributed by atoms with Crippen molar-refractivity contribution in [2.45, 2.75) is 19.4 Å². The zero-order valence-corrected chi connectivity index (χ0v) is 11.2. The van der Waals surface area contributed by atoms with E-state index in [1.807, 2.05) is 39.1 Å². The second-order valence-electron chi connectivity index (χ2n) is 4.97. The molecule has 0 saturated carbocycles. The summed E-state index contributed by atoms with van der Waals surface area (Å²) in [5.74, 6) is 1.57. The summed E-state index contributed by atoms with van der Waals surface area (Å²) in [6.07, 6.45) is 0. The molecule has 2 rings (SSSR count). The van der Waals surface area contributed by atoms with Gasteiger partial charge in [0.05, 0.1) is 0 Å². The van der Waals surface area contributed by atoms with E-state index in [2.05, 4.69) is 5.32 Å². The van der Waals surface area contributed by atoms with Gasteiger partial charge < -0.3 is 19.9 Å². The fraction of sp³-hybridized carbons (Fsp3) is 0.571. The van der Waals surface area contributed by atoms with Gasteiger partial charge >= 0.3 is 0 Å². The third-order valence-corrected chi connectivity index (χ3v) is 3.44. The number of hydrogen-bond donors (Lipinski definition) is 2. The maximum Gasteiger partial charge on any atom is 0.161 e. The van der Waals surface area contributed by atoms with E-state index in [-0.39, 0.29) is 5.92 Å². The second-order valence-corrected chi connectivity index (χ2v) is 4.97. The number of ether oxygens (including phenoxy) is 2. The number of nitrogens with one attached hydrogen (secondary N) is 1. The summed E-state index contributed by atoms with van der Waals surface area (Å²) in [6.45, 7) is 5.66. The van der Waals surface area contributed by atoms with Crippen LogP contribution in [0.2, 0.25) is 0 Å². The number of rotatable bonds is 4. The van der Waals surface area contributed by atoms with E-state index in [1.165, 1.54) is 0 Å². The Balaban J connectivity index is 2.36. The summed E-state index contributed by atoms with van der Waals surface area (Å²) < 4.78 is 11.0. The first-order chi connectivity index (χ1) is 8.58. The van der Waals surface area contributed by atoms with Gasteiger partial charge in [-0.3, -0.25) is 0 Å². The molecule has 1 heterocycles. The predicted octanol–water partition coefficient (Wildman–Crippen LogP) is 1.52. The number of likely N-dealkylation sites (N-methyl/N-ethyl adjacent to an activating group) is 1. The first-order valence-electron chi connectivity index (χ1n) is 6.35. The Bertz CT molecular complexity index is 420. The average Bonchev–Trinajstić information content (AvgIpc) is 2.38. The largest absolute Gasteiger partial charge is 0.486 e. The van der Waals surface area contributed by atoms with Crippen LogP contribution in [0.5, 0.6) is 11.5 Å². The van der Waals surface area contributed by atoms with Crippen molar-refractivity contribution in [1.82, 2.24) is 5.32 Å². The molecule has 0 aliphatic carbocycles. The molecule has 1 aliphatic rings. The summed E-state index contributed by atoms with van der Waals surface area (Å²) >= 11 is 0. The maximum absolute atomic E-state index is 10.8. The highest BCUT2D eigenvalue weighted by Gasteiger charge is 2.33. The van der Waals surface area contributed by atoms with Gasteiger partial charge in [-0.1, -0.05) is 19.9 Å². The standard InChI is InChI=1S/C14H21NO3/c1-10(2)14(16,9-15-3)11-4-5-12-13(8-11)18-7-6-17-12/h4-5,8,10,15-16H,6-7,9H2,1-3H3. The Morgan fingerprint density at radius 1 is 1.28 bits per heavy atom. The Kier molecular flexibility index (Phi) is 3.78. The smallest absolute Gasteiger partial charge is 0.161 e. The lowest BCUT2D eigenvalue weighted by molar-refractivity contribution is -0.00796. The van der Waals surface area contributed by atoms with Gasteiger partial charge in [0.1, 0.15) is 18.8 Å². The summed E-state index contributed by atoms with van der Waals surface area (Å²) in [5.41, 5.74) is -0.0407. The van der Waals surface area contributed by atoms with Crippen molar-refractivity contribution in [3.63, 3.8) is 0 Å². The van der Waals surface area contributed by atoms with Crippen LogP contribution in [0.25, 0.3) is 0 Å². The molecule has 0 aromatic heterocycles. The van der Waals surface area contributed by atoms with E-state index in [1.54, 1.807) is 0 Å². The molecule has 4 nitrogen and oxygen atoms in total. The molecule has 1 aromatic rings. The van der Waals surface area contributed by atoms with Gasteiger partial charge in [-0.05, 0) is 30.7 Å². The van der Waals surface area contributed by atoms with Gasteiger partial charge in [0.2, 0.25) is 0 Å². The van der Waals surface area contributed by atoms with Gasteiger partial charge in [-0.15, -0.1) is 0 Å². The fourth-order valence-corrected chi connectivity index (χ4v) is 2.22. The highest BCUT2D eigenvalue weighted by Crippen LogP contribution is 2.37. The van der Waals surface area contributed by atoms with E-state index in [0.717, 1.165) is 11.3 Å². The van der Waals surface area contributed by atoms with Crippen LogP contribution < -0.4 is 14.8 Å². The van der Waals surface area contributed by atoms with Gasteiger partial charge in [-0.25, -0.2) is 0 Å². The first-order valence-corrected chi connectivity index (χ1v) is 6.35. The Hall–Kier alpha value is -1.26. The third-order valence-electron chi connectivity index (χ3n) is 3.44. The van der Waals surface area contributed by atoms with Gasteiger partial charge in [0, 0.05) is 6.54 Å². The van der Waals surface area contributed by atoms with Crippen LogP contribution in [-0.2, 0) is 5.60 Å². The Morgan fingerprint density at radius 2 is 1.94 bits per heavy atom. The highest BCUT2D eigenvalue weighted by molar-refractivity contribution is 5.45. The van der Waals surface area contributed by atoms with Crippen molar-refractivity contribution in [1.29, 1.82) is 0 Å². The van der Waals surface area contributed by atoms with Crippen LogP contribution in [0.3, 0.4) is 0 Å². The van der Waals surface area contributed by atoms with E-state index >= 15 is 0 Å². The average molecular weight is 251 g/mol. The minimum atomic E-state index is -0.898. The molecule has 0 fully saturated rings. The van der Waals surface area contributed by atoms with E-state index in [4.69, 9.17) is 9.47 Å². The molecule has 0 saturated heterocycles. The van der Waals surface area contributed by atoms with Gasteiger partial charge in [-0.2, -0.15) is 0 Å². The lowest BCUT2D eigenvalue weighted by atomic mass is 9.83. The summed E-state index contributed by atoms with van der Waals surface area (Å²) in [6, 6.07) is 5.66. The molecule has 1 unspecified atom stereocenters. The summed E-state index contributed by atoms with van der Waals surface area (Å²) in [4.78, 5) is 0. The Labute approximate surface area is 108 Å². The second kappa shape index (κ2) is 5.16. The first kappa shape index (κ1) is 13.2. The van der Waals surface area contributed by atoms with Crippen LogP contribution in [0.1, 0.15) is 19.4 Å². The van der Waals surface area contributed by atoms with Crippen LogP contribution in [0.4, 0.5) is 0 Å². The summed E-state index contributed by atoms with van der Waals surface area (Å²) in [7, 11) is 1.84. The predicted molar refractivity (Wildman–Crippen MR) is 70.1 cm³/mol. The number of hydrogen-bond acceptors (Lipinski definition) is 4. The van der Waals surface area contributed by atoms with Crippen LogP contribution in [0, 0.1) is 5.92 Å². The molecule has 0 radical (unpaired) electrons. The minimum Gasteiger partial charge on any atom is -0.486 e. The normalized spacial score (nSPS) is 17.6. The molecule has 1 atom stereocenters. The van der Waals surface area contributed by atoms with Gasteiger partial charge in [0.15, 0.2) is 11.5 Å². The molecule has 100 valence electrons. The monoisotopic (exact) mass is 251 g/mol. The molecule has 0 spiro atoms. The molecule has 2 N–H and O–H groups in total. The van der Waals surface area contributed by atoms with Crippen molar-refractivity contribution in [3.05, 3.63) is 23.8 Å². The molecule has 1 aliphatic heterocycles. The fourth-order valence-electron chi connectivity index (χ4n) is 2.22. The zero-order valence-electron chi connectivity index (χ0n) is 11.2. The lowest BCUT2D eigenvalue weighted by Crippen LogP contribution is -2.41. The van der Waals surface area contributed by atoms with Crippen LogP contribution in [-0.4, -0.2) is 31.9 Å². The van der Waals surface area contributed by atoms with E-state index < -0.39 is 5.60 Å². The molecular formula is C14H21NO3. The molecule has 4 heteroatoms. The zero-order chi connectivity index (χ0) is 13.2. The topological polar surface area (TPSA) is 50.7 Å². The molecule has 0 amide bonds. The van der Waals surface area contributed by atoms with E-state index in [0.29, 0.717) is 25.5 Å².